The van der Waals surface area contributed by atoms with Gasteiger partial charge in [-0.2, -0.15) is 0 Å². The summed E-state index contributed by atoms with van der Waals surface area (Å²) < 4.78 is 11.1. The van der Waals surface area contributed by atoms with Crippen LogP contribution in [0, 0.1) is 5.92 Å². The van der Waals surface area contributed by atoms with Gasteiger partial charge in [-0.05, 0) is 59.0 Å². The fraction of sp³-hybridized carbons (Fsp3) is 0.955. The molecule has 0 bridgehead atoms. The molecule has 2 fully saturated rings. The van der Waals surface area contributed by atoms with Crippen molar-refractivity contribution in [3.8, 4) is 0 Å². The van der Waals surface area contributed by atoms with Gasteiger partial charge in [-0.25, -0.2) is 0 Å². The van der Waals surface area contributed by atoms with Crippen LogP contribution in [0.15, 0.2) is 4.99 Å². The van der Waals surface area contributed by atoms with Crippen LogP contribution in [0.5, 0.6) is 0 Å². The Bertz CT molecular complexity index is 463. The Hall–Kier alpha value is -0.850. The first-order valence-corrected chi connectivity index (χ1v) is 11.3. The maximum atomic E-state index is 6.01. The van der Waals surface area contributed by atoms with Gasteiger partial charge >= 0.3 is 0 Å². The Morgan fingerprint density at radius 3 is 2.57 bits per heavy atom. The SMILES string of the molecule is CCNC(=NCC1(N(C)C)CCCC(C)C1)N1CCC(OCCCOC)CC1. The number of hydrogen-bond donors (Lipinski definition) is 1. The molecular weight excluding hydrogens is 352 g/mol. The van der Waals surface area contributed by atoms with Crippen LogP contribution >= 0.6 is 0 Å². The van der Waals surface area contributed by atoms with Crippen LogP contribution in [0.1, 0.15) is 58.8 Å². The molecule has 6 heteroatoms. The van der Waals surface area contributed by atoms with Crippen molar-refractivity contribution in [1.82, 2.24) is 15.1 Å². The van der Waals surface area contributed by atoms with Gasteiger partial charge in [0.15, 0.2) is 5.96 Å². The smallest absolute Gasteiger partial charge is 0.193 e. The molecule has 2 aliphatic rings. The van der Waals surface area contributed by atoms with E-state index in [1.165, 1.54) is 25.7 Å². The molecule has 1 saturated heterocycles. The second-order valence-corrected chi connectivity index (χ2v) is 8.89. The minimum absolute atomic E-state index is 0.209. The first-order chi connectivity index (χ1) is 13.5. The summed E-state index contributed by atoms with van der Waals surface area (Å²) in [5, 5.41) is 3.53. The summed E-state index contributed by atoms with van der Waals surface area (Å²) in [5.74, 6) is 1.87. The second kappa shape index (κ2) is 12.0. The van der Waals surface area contributed by atoms with E-state index in [9.17, 15) is 0 Å². The van der Waals surface area contributed by atoms with E-state index >= 15 is 0 Å². The quantitative estimate of drug-likeness (QED) is 0.369. The molecule has 1 N–H and O–H groups in total. The van der Waals surface area contributed by atoms with Crippen LogP contribution in [-0.4, -0.2) is 88.0 Å². The molecule has 1 aliphatic carbocycles. The number of nitrogens with zero attached hydrogens (tertiary/aromatic N) is 3. The predicted octanol–water partition coefficient (Wildman–Crippen LogP) is 2.98. The van der Waals surface area contributed by atoms with Crippen molar-refractivity contribution in [3.63, 3.8) is 0 Å². The Balaban J connectivity index is 1.91. The van der Waals surface area contributed by atoms with Crippen LogP contribution in [0.25, 0.3) is 0 Å². The summed E-state index contributed by atoms with van der Waals surface area (Å²) in [4.78, 5) is 9.98. The zero-order chi connectivity index (χ0) is 20.4. The topological polar surface area (TPSA) is 49.3 Å². The van der Waals surface area contributed by atoms with E-state index in [0.29, 0.717) is 6.10 Å². The summed E-state index contributed by atoms with van der Waals surface area (Å²) in [7, 11) is 6.20. The molecular formula is C22H44N4O2. The molecule has 0 aromatic rings. The number of guanidine groups is 1. The molecule has 28 heavy (non-hydrogen) atoms. The molecule has 1 saturated carbocycles. The summed E-state index contributed by atoms with van der Waals surface area (Å²) >= 11 is 0. The van der Waals surface area contributed by atoms with Gasteiger partial charge in [0.25, 0.3) is 0 Å². The first kappa shape index (κ1) is 23.4. The van der Waals surface area contributed by atoms with E-state index in [4.69, 9.17) is 14.5 Å². The normalized spacial score (nSPS) is 27.4. The van der Waals surface area contributed by atoms with Crippen LogP contribution < -0.4 is 5.32 Å². The molecule has 2 atom stereocenters. The summed E-state index contributed by atoms with van der Waals surface area (Å²) in [6, 6.07) is 0. The standard InChI is InChI=1S/C22H44N4O2/c1-6-23-21(24-18-22(25(3)4)12-7-9-19(2)17-22)26-13-10-20(11-14-26)28-16-8-15-27-5/h19-20H,6-18H2,1-5H3,(H,23,24). The van der Waals surface area contributed by atoms with Gasteiger partial charge in [0.1, 0.15) is 0 Å². The highest BCUT2D eigenvalue weighted by Gasteiger charge is 2.37. The molecule has 0 aromatic carbocycles. The van der Waals surface area contributed by atoms with Gasteiger partial charge in [0.05, 0.1) is 12.6 Å². The third-order valence-corrected chi connectivity index (χ3v) is 6.46. The Kier molecular flexibility index (Phi) is 10.0. The van der Waals surface area contributed by atoms with Crippen molar-refractivity contribution < 1.29 is 9.47 Å². The lowest BCUT2D eigenvalue weighted by Crippen LogP contribution is -2.52. The Morgan fingerprint density at radius 2 is 1.96 bits per heavy atom. The van der Waals surface area contributed by atoms with Gasteiger partial charge in [0, 0.05) is 45.5 Å². The number of aliphatic imine (C=N–C) groups is 1. The van der Waals surface area contributed by atoms with Crippen LogP contribution in [0.3, 0.4) is 0 Å². The van der Waals surface area contributed by atoms with Crippen LogP contribution in [-0.2, 0) is 9.47 Å². The number of ether oxygens (including phenoxy) is 2. The highest BCUT2D eigenvalue weighted by Crippen LogP contribution is 2.36. The van der Waals surface area contributed by atoms with Gasteiger partial charge < -0.3 is 24.6 Å². The van der Waals surface area contributed by atoms with Crippen molar-refractivity contribution >= 4 is 5.96 Å². The maximum absolute atomic E-state index is 6.01. The van der Waals surface area contributed by atoms with Crippen molar-refractivity contribution in [1.29, 1.82) is 0 Å². The predicted molar refractivity (Wildman–Crippen MR) is 117 cm³/mol. The highest BCUT2D eigenvalue weighted by molar-refractivity contribution is 5.80. The lowest BCUT2D eigenvalue weighted by atomic mass is 9.75. The van der Waals surface area contributed by atoms with E-state index < -0.39 is 0 Å². The van der Waals surface area contributed by atoms with E-state index in [1.54, 1.807) is 7.11 Å². The largest absolute Gasteiger partial charge is 0.385 e. The van der Waals surface area contributed by atoms with E-state index in [-0.39, 0.29) is 5.54 Å². The van der Waals surface area contributed by atoms with Crippen LogP contribution in [0.2, 0.25) is 0 Å². The van der Waals surface area contributed by atoms with E-state index in [1.807, 2.05) is 0 Å². The Labute approximate surface area is 173 Å². The zero-order valence-electron chi connectivity index (χ0n) is 19.0. The van der Waals surface area contributed by atoms with Crippen molar-refractivity contribution in [2.45, 2.75) is 70.4 Å². The third kappa shape index (κ3) is 6.89. The number of likely N-dealkylation sites (N-methyl/N-ethyl adjacent to an activating group) is 1. The molecule has 1 heterocycles. The van der Waals surface area contributed by atoms with Crippen molar-refractivity contribution in [3.05, 3.63) is 0 Å². The summed E-state index contributed by atoms with van der Waals surface area (Å²) in [6.45, 7) is 9.98. The van der Waals surface area contributed by atoms with Gasteiger partial charge in [-0.15, -0.1) is 0 Å². The number of hydrogen-bond acceptors (Lipinski definition) is 4. The zero-order valence-corrected chi connectivity index (χ0v) is 19.0. The van der Waals surface area contributed by atoms with Gasteiger partial charge in [-0.3, -0.25) is 4.99 Å². The second-order valence-electron chi connectivity index (χ2n) is 8.89. The van der Waals surface area contributed by atoms with E-state index in [2.05, 4.69) is 43.1 Å². The number of nitrogens with one attached hydrogen (secondary N) is 1. The lowest BCUT2D eigenvalue weighted by molar-refractivity contribution is 0.00979. The highest BCUT2D eigenvalue weighted by atomic mass is 16.5. The molecule has 164 valence electrons. The minimum Gasteiger partial charge on any atom is -0.385 e. The maximum Gasteiger partial charge on any atom is 0.193 e. The van der Waals surface area contributed by atoms with Crippen LogP contribution in [0.4, 0.5) is 0 Å². The van der Waals surface area contributed by atoms with Crippen molar-refractivity contribution in [2.24, 2.45) is 10.9 Å². The molecule has 0 aromatic heterocycles. The molecule has 2 unspecified atom stereocenters. The van der Waals surface area contributed by atoms with Crippen molar-refractivity contribution in [2.75, 3.05) is 60.6 Å². The summed E-state index contributed by atoms with van der Waals surface area (Å²) in [5.41, 5.74) is 0.209. The number of likely N-dealkylation sites (tertiary alicyclic amines) is 1. The molecule has 0 radical (unpaired) electrons. The van der Waals surface area contributed by atoms with Gasteiger partial charge in [-0.1, -0.05) is 19.8 Å². The lowest BCUT2D eigenvalue weighted by Gasteiger charge is -2.44. The van der Waals surface area contributed by atoms with E-state index in [0.717, 1.165) is 70.5 Å². The molecule has 0 spiro atoms. The number of rotatable bonds is 9. The summed E-state index contributed by atoms with van der Waals surface area (Å²) in [6.07, 6.45) is 8.69. The monoisotopic (exact) mass is 396 g/mol. The molecule has 0 amide bonds. The molecule has 2 rings (SSSR count). The average molecular weight is 397 g/mol. The Morgan fingerprint density at radius 1 is 1.21 bits per heavy atom. The minimum atomic E-state index is 0.209. The average Bonchev–Trinajstić information content (AvgIpc) is 2.69. The number of piperidine rings is 1. The fourth-order valence-corrected chi connectivity index (χ4v) is 4.66. The van der Waals surface area contributed by atoms with Gasteiger partial charge in [0.2, 0.25) is 0 Å². The number of methoxy groups -OCH3 is 1. The third-order valence-electron chi connectivity index (χ3n) is 6.46. The molecule has 6 nitrogen and oxygen atoms in total. The fourth-order valence-electron chi connectivity index (χ4n) is 4.66. The molecule has 1 aliphatic heterocycles. The first-order valence-electron chi connectivity index (χ1n) is 11.3.